The first-order valence-corrected chi connectivity index (χ1v) is 7.67. The van der Waals surface area contributed by atoms with E-state index in [1.807, 2.05) is 0 Å². The second-order valence-electron chi connectivity index (χ2n) is 5.50. The monoisotopic (exact) mass is 309 g/mol. The number of ether oxygens (including phenoxy) is 1. The van der Waals surface area contributed by atoms with Crippen LogP contribution in [-0.4, -0.2) is 18.8 Å². The van der Waals surface area contributed by atoms with Crippen molar-refractivity contribution in [1.82, 2.24) is 5.32 Å². The summed E-state index contributed by atoms with van der Waals surface area (Å²) < 4.78 is 6.81. The number of benzene rings is 1. The summed E-state index contributed by atoms with van der Waals surface area (Å²) in [5.74, 6) is 0. The smallest absolute Gasteiger partial charge is 0.0561 e. The molecule has 0 radical (unpaired) electrons. The Morgan fingerprint density at radius 3 is 3.06 bits per heavy atom. The minimum atomic E-state index is 0.405. The third-order valence-electron chi connectivity index (χ3n) is 4.10. The molecule has 1 aromatic rings. The number of nitrogens with one attached hydrogen (secondary N) is 1. The molecule has 1 fully saturated rings. The predicted molar refractivity (Wildman–Crippen MR) is 76.8 cm³/mol. The van der Waals surface area contributed by atoms with Gasteiger partial charge in [-0.2, -0.15) is 0 Å². The van der Waals surface area contributed by atoms with Crippen LogP contribution in [0.2, 0.25) is 0 Å². The van der Waals surface area contributed by atoms with Crippen LogP contribution in [0.3, 0.4) is 0 Å². The van der Waals surface area contributed by atoms with E-state index >= 15 is 0 Å². The van der Waals surface area contributed by atoms with E-state index in [9.17, 15) is 0 Å². The Morgan fingerprint density at radius 2 is 2.22 bits per heavy atom. The largest absolute Gasteiger partial charge is 0.378 e. The fourth-order valence-electron chi connectivity index (χ4n) is 3.19. The SMILES string of the molecule is CC1CC(NC2CCc3cc(Br)ccc32)CCO1. The Kier molecular flexibility index (Phi) is 3.73. The van der Waals surface area contributed by atoms with Gasteiger partial charge in [-0.1, -0.05) is 22.0 Å². The Balaban J connectivity index is 1.69. The number of fused-ring (bicyclic) bond motifs is 1. The molecule has 18 heavy (non-hydrogen) atoms. The van der Waals surface area contributed by atoms with Gasteiger partial charge < -0.3 is 10.1 Å². The number of hydrogen-bond donors (Lipinski definition) is 1. The summed E-state index contributed by atoms with van der Waals surface area (Å²) in [6.45, 7) is 3.08. The van der Waals surface area contributed by atoms with Crippen LogP contribution in [0, 0.1) is 0 Å². The van der Waals surface area contributed by atoms with Gasteiger partial charge in [0.1, 0.15) is 0 Å². The summed E-state index contributed by atoms with van der Waals surface area (Å²) in [5, 5.41) is 3.83. The fourth-order valence-corrected chi connectivity index (χ4v) is 3.60. The molecule has 1 aliphatic carbocycles. The highest BCUT2D eigenvalue weighted by molar-refractivity contribution is 9.10. The molecular weight excluding hydrogens is 290 g/mol. The van der Waals surface area contributed by atoms with Crippen LogP contribution in [0.4, 0.5) is 0 Å². The summed E-state index contributed by atoms with van der Waals surface area (Å²) in [5.41, 5.74) is 3.00. The van der Waals surface area contributed by atoms with Crippen molar-refractivity contribution in [2.75, 3.05) is 6.61 Å². The summed E-state index contributed by atoms with van der Waals surface area (Å²) in [7, 11) is 0. The van der Waals surface area contributed by atoms with Crippen LogP contribution in [0.15, 0.2) is 22.7 Å². The van der Waals surface area contributed by atoms with Gasteiger partial charge in [0.2, 0.25) is 0 Å². The first-order chi connectivity index (χ1) is 8.72. The van der Waals surface area contributed by atoms with Gasteiger partial charge in [0, 0.05) is 23.2 Å². The van der Waals surface area contributed by atoms with E-state index in [-0.39, 0.29) is 0 Å². The summed E-state index contributed by atoms with van der Waals surface area (Å²) in [6, 6.07) is 7.86. The van der Waals surface area contributed by atoms with Gasteiger partial charge in [-0.05, 0) is 55.9 Å². The van der Waals surface area contributed by atoms with Gasteiger partial charge in [0.05, 0.1) is 6.10 Å². The zero-order valence-corrected chi connectivity index (χ0v) is 12.4. The normalized spacial score (nSPS) is 31.3. The van der Waals surface area contributed by atoms with Crippen LogP contribution in [0.1, 0.15) is 43.4 Å². The van der Waals surface area contributed by atoms with Crippen molar-refractivity contribution in [3.05, 3.63) is 33.8 Å². The zero-order valence-electron chi connectivity index (χ0n) is 10.8. The molecular formula is C15H20BrNO. The Hall–Kier alpha value is -0.380. The number of aryl methyl sites for hydroxylation is 1. The lowest BCUT2D eigenvalue weighted by Gasteiger charge is -2.30. The second kappa shape index (κ2) is 5.32. The van der Waals surface area contributed by atoms with E-state index in [4.69, 9.17) is 4.74 Å². The van der Waals surface area contributed by atoms with Crippen molar-refractivity contribution in [2.45, 2.75) is 50.8 Å². The van der Waals surface area contributed by atoms with Crippen molar-refractivity contribution in [3.63, 3.8) is 0 Å². The molecule has 0 bridgehead atoms. The summed E-state index contributed by atoms with van der Waals surface area (Å²) in [4.78, 5) is 0. The molecule has 0 saturated carbocycles. The standard InChI is InChI=1S/C15H20BrNO/c1-10-8-13(6-7-18-10)17-15-5-2-11-9-12(16)3-4-14(11)15/h3-4,9-10,13,15,17H,2,5-8H2,1H3. The lowest BCUT2D eigenvalue weighted by Crippen LogP contribution is -2.39. The molecule has 2 aliphatic rings. The van der Waals surface area contributed by atoms with E-state index in [0.29, 0.717) is 18.2 Å². The van der Waals surface area contributed by atoms with Gasteiger partial charge in [-0.15, -0.1) is 0 Å². The van der Waals surface area contributed by atoms with Crippen molar-refractivity contribution in [3.8, 4) is 0 Å². The number of halogens is 1. The summed E-state index contributed by atoms with van der Waals surface area (Å²) >= 11 is 3.55. The average molecular weight is 310 g/mol. The zero-order chi connectivity index (χ0) is 12.5. The maximum atomic E-state index is 5.61. The van der Waals surface area contributed by atoms with Crippen LogP contribution >= 0.6 is 15.9 Å². The molecule has 3 atom stereocenters. The molecule has 3 heteroatoms. The maximum Gasteiger partial charge on any atom is 0.0561 e. The fraction of sp³-hybridized carbons (Fsp3) is 0.600. The first kappa shape index (κ1) is 12.6. The van der Waals surface area contributed by atoms with E-state index in [0.717, 1.165) is 19.4 Å². The van der Waals surface area contributed by atoms with E-state index < -0.39 is 0 Å². The highest BCUT2D eigenvalue weighted by Crippen LogP contribution is 2.34. The maximum absolute atomic E-state index is 5.61. The minimum absolute atomic E-state index is 0.405. The molecule has 98 valence electrons. The Morgan fingerprint density at radius 1 is 1.33 bits per heavy atom. The van der Waals surface area contributed by atoms with Crippen molar-refractivity contribution < 1.29 is 4.74 Å². The Labute approximate surface area is 117 Å². The highest BCUT2D eigenvalue weighted by atomic mass is 79.9. The van der Waals surface area contributed by atoms with Gasteiger partial charge in [-0.25, -0.2) is 0 Å². The lowest BCUT2D eigenvalue weighted by atomic mass is 10.0. The van der Waals surface area contributed by atoms with E-state index in [2.05, 4.69) is 46.4 Å². The molecule has 0 aromatic heterocycles. The highest BCUT2D eigenvalue weighted by Gasteiger charge is 2.27. The second-order valence-corrected chi connectivity index (χ2v) is 6.42. The van der Waals surface area contributed by atoms with E-state index in [1.165, 1.54) is 28.4 Å². The first-order valence-electron chi connectivity index (χ1n) is 6.88. The molecule has 1 heterocycles. The van der Waals surface area contributed by atoms with Gasteiger partial charge in [-0.3, -0.25) is 0 Å². The van der Waals surface area contributed by atoms with Gasteiger partial charge >= 0.3 is 0 Å². The van der Waals surface area contributed by atoms with Crippen LogP contribution < -0.4 is 5.32 Å². The minimum Gasteiger partial charge on any atom is -0.378 e. The number of rotatable bonds is 2. The molecule has 1 saturated heterocycles. The molecule has 3 unspecified atom stereocenters. The third kappa shape index (κ3) is 2.63. The molecule has 1 aromatic carbocycles. The van der Waals surface area contributed by atoms with Crippen molar-refractivity contribution >= 4 is 15.9 Å². The van der Waals surface area contributed by atoms with Crippen molar-refractivity contribution in [1.29, 1.82) is 0 Å². The molecule has 0 spiro atoms. The molecule has 1 N–H and O–H groups in total. The van der Waals surface area contributed by atoms with Crippen LogP contribution in [0.25, 0.3) is 0 Å². The van der Waals surface area contributed by atoms with E-state index in [1.54, 1.807) is 0 Å². The molecule has 0 amide bonds. The molecule has 1 aliphatic heterocycles. The topological polar surface area (TPSA) is 21.3 Å². The Bertz CT molecular complexity index is 435. The molecule has 2 nitrogen and oxygen atoms in total. The van der Waals surface area contributed by atoms with Gasteiger partial charge in [0.15, 0.2) is 0 Å². The van der Waals surface area contributed by atoms with Crippen LogP contribution in [-0.2, 0) is 11.2 Å². The summed E-state index contributed by atoms with van der Waals surface area (Å²) in [6.07, 6.45) is 5.12. The third-order valence-corrected chi connectivity index (χ3v) is 4.60. The number of hydrogen-bond acceptors (Lipinski definition) is 2. The lowest BCUT2D eigenvalue weighted by molar-refractivity contribution is 0.0112. The van der Waals surface area contributed by atoms with Gasteiger partial charge in [0.25, 0.3) is 0 Å². The predicted octanol–water partition coefficient (Wildman–Crippen LogP) is 3.59. The van der Waals surface area contributed by atoms with Crippen molar-refractivity contribution in [2.24, 2.45) is 0 Å². The van der Waals surface area contributed by atoms with Crippen LogP contribution in [0.5, 0.6) is 0 Å². The molecule has 3 rings (SSSR count). The quantitative estimate of drug-likeness (QED) is 0.901. The average Bonchev–Trinajstić information content (AvgIpc) is 2.72.